The van der Waals surface area contributed by atoms with Gasteiger partial charge in [0.2, 0.25) is 0 Å². The minimum absolute atomic E-state index is 0.0189. The fourth-order valence-corrected chi connectivity index (χ4v) is 2.17. The molecule has 0 aliphatic carbocycles. The molecule has 2 heterocycles. The Morgan fingerprint density at radius 3 is 2.79 bits per heavy atom. The summed E-state index contributed by atoms with van der Waals surface area (Å²) in [5.41, 5.74) is 0.540. The fraction of sp³-hybridized carbons (Fsp3) is 0.133. The van der Waals surface area contributed by atoms with E-state index in [9.17, 15) is 13.6 Å². The smallest absolute Gasteiger partial charge is 0.265 e. The van der Waals surface area contributed by atoms with Crippen molar-refractivity contribution in [3.63, 3.8) is 0 Å². The highest BCUT2D eigenvalue weighted by molar-refractivity contribution is 6.01. The average Bonchev–Trinajstić information content (AvgIpc) is 2.61. The monoisotopic (exact) mass is 330 g/mol. The first kappa shape index (κ1) is 15.7. The molecule has 24 heavy (non-hydrogen) atoms. The Bertz CT molecular complexity index is 902. The lowest BCUT2D eigenvalue weighted by Gasteiger charge is -2.15. The van der Waals surface area contributed by atoms with Crippen LogP contribution in [0.4, 0.5) is 20.3 Å². The largest absolute Gasteiger partial charge is 0.355 e. The number of fused-ring (bicyclic) bond motifs is 1. The van der Waals surface area contributed by atoms with E-state index < -0.39 is 12.3 Å². The molecule has 0 spiro atoms. The van der Waals surface area contributed by atoms with Crippen LogP contribution in [0, 0.1) is 0 Å². The van der Waals surface area contributed by atoms with Crippen molar-refractivity contribution in [3.8, 4) is 0 Å². The van der Waals surface area contributed by atoms with E-state index in [1.165, 1.54) is 44.0 Å². The van der Waals surface area contributed by atoms with E-state index in [4.69, 9.17) is 0 Å². The van der Waals surface area contributed by atoms with Crippen LogP contribution in [0.3, 0.4) is 0 Å². The molecule has 0 atom stereocenters. The molecule has 2 aromatic heterocycles. The van der Waals surface area contributed by atoms with Crippen LogP contribution < -0.4 is 10.6 Å². The highest BCUT2D eigenvalue weighted by atomic mass is 19.3. The van der Waals surface area contributed by atoms with Gasteiger partial charge in [-0.15, -0.1) is 0 Å². The van der Waals surface area contributed by atoms with E-state index in [2.05, 4.69) is 30.6 Å². The Balaban J connectivity index is 2.08. The normalized spacial score (nSPS) is 10.8. The van der Waals surface area contributed by atoms with E-state index in [1.807, 2.05) is 0 Å². The second kappa shape index (κ2) is 6.49. The highest BCUT2D eigenvalue weighted by Crippen LogP contribution is 2.32. The first-order valence-electron chi connectivity index (χ1n) is 6.93. The summed E-state index contributed by atoms with van der Waals surface area (Å²) in [4.78, 5) is 28.1. The fourth-order valence-electron chi connectivity index (χ4n) is 2.17. The second-order valence-corrected chi connectivity index (χ2v) is 4.76. The maximum Gasteiger partial charge on any atom is 0.265 e. The van der Waals surface area contributed by atoms with Crippen LogP contribution >= 0.6 is 0 Å². The Morgan fingerprint density at radius 2 is 2.04 bits per heavy atom. The Hall–Kier alpha value is -3.23. The van der Waals surface area contributed by atoms with Crippen molar-refractivity contribution < 1.29 is 13.6 Å². The molecule has 1 aromatic carbocycles. The molecule has 0 unspecified atom stereocenters. The number of aromatic nitrogens is 4. The van der Waals surface area contributed by atoms with E-state index >= 15 is 0 Å². The summed E-state index contributed by atoms with van der Waals surface area (Å²) in [5.74, 6) is -0.296. The van der Waals surface area contributed by atoms with Crippen LogP contribution in [-0.2, 0) is 0 Å². The van der Waals surface area contributed by atoms with E-state index in [-0.39, 0.29) is 22.6 Å². The molecule has 0 bridgehead atoms. The number of amides is 1. The van der Waals surface area contributed by atoms with Gasteiger partial charge in [0, 0.05) is 12.6 Å². The number of carbonyl (C=O) groups is 1. The molecule has 3 aromatic rings. The molecule has 0 saturated carbocycles. The molecule has 122 valence electrons. The summed E-state index contributed by atoms with van der Waals surface area (Å²) in [7, 11) is 1.42. The Labute approximate surface area is 135 Å². The molecule has 0 aliphatic heterocycles. The third kappa shape index (κ3) is 2.96. The lowest BCUT2D eigenvalue weighted by Crippen LogP contribution is -2.20. The van der Waals surface area contributed by atoms with Crippen molar-refractivity contribution in [1.29, 1.82) is 0 Å². The highest BCUT2D eigenvalue weighted by Gasteiger charge is 2.20. The number of hydrogen-bond donors (Lipinski definition) is 2. The van der Waals surface area contributed by atoms with Gasteiger partial charge in [-0.2, -0.15) is 0 Å². The molecule has 7 nitrogen and oxygen atoms in total. The predicted octanol–water partition coefficient (Wildman–Crippen LogP) is 2.46. The standard InChI is InChI=1S/C15H12F2N6O/c1-18-15(24)9-4-2-3-8(13(16)17)12(9)22-11-6-20-10-5-19-7-21-14(10)23-11/h2-7,13H,1H3,(H,18,24)(H,19,21,22,23). The summed E-state index contributed by atoms with van der Waals surface area (Å²) in [6.07, 6.45) is 1.40. The Morgan fingerprint density at radius 1 is 1.21 bits per heavy atom. The molecular weight excluding hydrogens is 318 g/mol. The second-order valence-electron chi connectivity index (χ2n) is 4.76. The van der Waals surface area contributed by atoms with Gasteiger partial charge in [0.15, 0.2) is 11.5 Å². The average molecular weight is 330 g/mol. The van der Waals surface area contributed by atoms with Gasteiger partial charge in [-0.3, -0.25) is 4.79 Å². The molecule has 9 heteroatoms. The van der Waals surface area contributed by atoms with Crippen LogP contribution in [-0.4, -0.2) is 32.9 Å². The number of halogens is 2. The minimum atomic E-state index is -2.76. The van der Waals surface area contributed by atoms with Gasteiger partial charge < -0.3 is 10.6 Å². The van der Waals surface area contributed by atoms with Gasteiger partial charge in [-0.05, 0) is 6.07 Å². The van der Waals surface area contributed by atoms with Crippen LogP contribution in [0.1, 0.15) is 22.3 Å². The molecule has 0 aliphatic rings. The molecule has 1 amide bonds. The summed E-state index contributed by atoms with van der Waals surface area (Å²) in [6.45, 7) is 0. The number of benzene rings is 1. The van der Waals surface area contributed by atoms with Crippen LogP contribution in [0.2, 0.25) is 0 Å². The lowest BCUT2D eigenvalue weighted by molar-refractivity contribution is 0.0963. The van der Waals surface area contributed by atoms with Gasteiger partial charge in [0.1, 0.15) is 11.8 Å². The van der Waals surface area contributed by atoms with Crippen molar-refractivity contribution in [2.45, 2.75) is 6.43 Å². The number of para-hydroxylation sites is 1. The molecule has 2 N–H and O–H groups in total. The summed E-state index contributed by atoms with van der Waals surface area (Å²) >= 11 is 0. The number of anilines is 2. The number of hydrogen-bond acceptors (Lipinski definition) is 6. The van der Waals surface area contributed by atoms with Crippen molar-refractivity contribution in [2.75, 3.05) is 12.4 Å². The van der Waals surface area contributed by atoms with Crippen LogP contribution in [0.5, 0.6) is 0 Å². The molecule has 0 saturated heterocycles. The van der Waals surface area contributed by atoms with Gasteiger partial charge in [0.25, 0.3) is 12.3 Å². The first-order chi connectivity index (χ1) is 11.6. The van der Waals surface area contributed by atoms with Gasteiger partial charge >= 0.3 is 0 Å². The molecule has 3 rings (SSSR count). The topological polar surface area (TPSA) is 92.7 Å². The molecule has 0 fully saturated rings. The Kier molecular flexibility index (Phi) is 4.23. The maximum absolute atomic E-state index is 13.3. The van der Waals surface area contributed by atoms with E-state index in [0.29, 0.717) is 11.2 Å². The third-order valence-electron chi connectivity index (χ3n) is 3.28. The predicted molar refractivity (Wildman–Crippen MR) is 83.2 cm³/mol. The van der Waals surface area contributed by atoms with Crippen molar-refractivity contribution in [2.24, 2.45) is 0 Å². The van der Waals surface area contributed by atoms with Crippen molar-refractivity contribution >= 4 is 28.6 Å². The zero-order valence-corrected chi connectivity index (χ0v) is 12.5. The van der Waals surface area contributed by atoms with Crippen LogP contribution in [0.15, 0.2) is 36.9 Å². The quantitative estimate of drug-likeness (QED) is 0.763. The zero-order valence-electron chi connectivity index (χ0n) is 12.5. The summed E-state index contributed by atoms with van der Waals surface area (Å²) in [5, 5.41) is 5.18. The van der Waals surface area contributed by atoms with Gasteiger partial charge in [-0.25, -0.2) is 28.7 Å². The number of carbonyl (C=O) groups excluding carboxylic acids is 1. The van der Waals surface area contributed by atoms with Gasteiger partial charge in [0.05, 0.1) is 23.6 Å². The number of rotatable bonds is 4. The maximum atomic E-state index is 13.3. The van der Waals surface area contributed by atoms with Crippen LogP contribution in [0.25, 0.3) is 11.2 Å². The summed E-state index contributed by atoms with van der Waals surface area (Å²) < 4.78 is 26.6. The zero-order chi connectivity index (χ0) is 17.1. The molecular formula is C15H12F2N6O. The van der Waals surface area contributed by atoms with Crippen molar-refractivity contribution in [3.05, 3.63) is 48.0 Å². The van der Waals surface area contributed by atoms with Crippen molar-refractivity contribution in [1.82, 2.24) is 25.3 Å². The summed E-state index contributed by atoms with van der Waals surface area (Å²) in [6, 6.07) is 4.09. The van der Waals surface area contributed by atoms with E-state index in [1.54, 1.807) is 0 Å². The van der Waals surface area contributed by atoms with E-state index in [0.717, 1.165) is 0 Å². The molecule has 0 radical (unpaired) electrons. The SMILES string of the molecule is CNC(=O)c1cccc(C(F)F)c1Nc1cnc2cncnc2n1. The van der Waals surface area contributed by atoms with Gasteiger partial charge in [-0.1, -0.05) is 12.1 Å². The lowest BCUT2D eigenvalue weighted by atomic mass is 10.1. The number of alkyl halides is 2. The third-order valence-corrected chi connectivity index (χ3v) is 3.28. The number of nitrogens with zero attached hydrogens (tertiary/aromatic N) is 4. The number of nitrogens with one attached hydrogen (secondary N) is 2. The first-order valence-corrected chi connectivity index (χ1v) is 6.93. The minimum Gasteiger partial charge on any atom is -0.355 e.